The first-order valence-electron chi connectivity index (χ1n) is 9.76. The molecule has 5 nitrogen and oxygen atoms in total. The number of hydrogen-bond donors (Lipinski definition) is 1. The van der Waals surface area contributed by atoms with Crippen molar-refractivity contribution in [1.29, 1.82) is 0 Å². The third-order valence-corrected chi connectivity index (χ3v) is 4.66. The average molecular weight is 389 g/mol. The van der Waals surface area contributed by atoms with Crippen LogP contribution in [-0.2, 0) is 4.74 Å². The van der Waals surface area contributed by atoms with E-state index >= 15 is 0 Å². The molecule has 1 amide bonds. The van der Waals surface area contributed by atoms with Gasteiger partial charge in [-0.2, -0.15) is 0 Å². The summed E-state index contributed by atoms with van der Waals surface area (Å²) < 4.78 is 17.3. The Morgan fingerprint density at radius 1 is 0.966 bits per heavy atom. The van der Waals surface area contributed by atoms with Gasteiger partial charge in [0, 0.05) is 12.2 Å². The molecule has 1 saturated heterocycles. The molecule has 0 bridgehead atoms. The lowest BCUT2D eigenvalue weighted by Crippen LogP contribution is -2.17. The molecule has 4 rings (SSSR count). The molecule has 148 valence electrons. The maximum atomic E-state index is 12.8. The van der Waals surface area contributed by atoms with Crippen LogP contribution in [0.15, 0.2) is 78.9 Å². The summed E-state index contributed by atoms with van der Waals surface area (Å²) in [4.78, 5) is 12.8. The van der Waals surface area contributed by atoms with E-state index < -0.39 is 0 Å². The van der Waals surface area contributed by atoms with Crippen LogP contribution in [0.25, 0.3) is 0 Å². The zero-order valence-electron chi connectivity index (χ0n) is 16.0. The van der Waals surface area contributed by atoms with Crippen molar-refractivity contribution in [3.8, 4) is 17.2 Å². The Hall–Kier alpha value is -3.31. The van der Waals surface area contributed by atoms with E-state index in [0.717, 1.165) is 19.4 Å². The number of anilines is 1. The summed E-state index contributed by atoms with van der Waals surface area (Å²) in [7, 11) is 0. The summed E-state index contributed by atoms with van der Waals surface area (Å²) in [5.74, 6) is 1.72. The highest BCUT2D eigenvalue weighted by atomic mass is 16.5. The van der Waals surface area contributed by atoms with E-state index in [0.29, 0.717) is 35.1 Å². The first-order valence-corrected chi connectivity index (χ1v) is 9.76. The minimum absolute atomic E-state index is 0.134. The smallest absolute Gasteiger partial charge is 0.255 e. The Kier molecular flexibility index (Phi) is 6.07. The Balaban J connectivity index is 1.43. The van der Waals surface area contributed by atoms with Crippen LogP contribution in [0.1, 0.15) is 23.2 Å². The van der Waals surface area contributed by atoms with E-state index in [9.17, 15) is 4.79 Å². The first-order chi connectivity index (χ1) is 14.3. The highest BCUT2D eigenvalue weighted by Gasteiger charge is 2.16. The van der Waals surface area contributed by atoms with Gasteiger partial charge in [0.2, 0.25) is 0 Å². The van der Waals surface area contributed by atoms with Crippen LogP contribution in [-0.4, -0.2) is 25.2 Å². The van der Waals surface area contributed by atoms with Crippen molar-refractivity contribution in [2.45, 2.75) is 18.9 Å². The minimum Gasteiger partial charge on any atom is -0.491 e. The fourth-order valence-corrected chi connectivity index (χ4v) is 3.16. The van der Waals surface area contributed by atoms with Crippen molar-refractivity contribution in [2.75, 3.05) is 18.5 Å². The van der Waals surface area contributed by atoms with Crippen LogP contribution < -0.4 is 14.8 Å². The minimum atomic E-state index is -0.225. The van der Waals surface area contributed by atoms with Gasteiger partial charge < -0.3 is 19.5 Å². The second-order valence-corrected chi connectivity index (χ2v) is 6.84. The van der Waals surface area contributed by atoms with E-state index in [1.54, 1.807) is 12.1 Å². The Labute approximate surface area is 170 Å². The van der Waals surface area contributed by atoms with Gasteiger partial charge >= 0.3 is 0 Å². The lowest BCUT2D eigenvalue weighted by atomic mass is 10.2. The molecule has 1 heterocycles. The molecular formula is C24H23NO4. The van der Waals surface area contributed by atoms with Gasteiger partial charge in [0.1, 0.15) is 18.1 Å². The summed E-state index contributed by atoms with van der Waals surface area (Å²) >= 11 is 0. The quantitative estimate of drug-likeness (QED) is 0.597. The largest absolute Gasteiger partial charge is 0.491 e. The van der Waals surface area contributed by atoms with Gasteiger partial charge in [0.05, 0.1) is 11.8 Å². The molecule has 5 heteroatoms. The standard InChI is InChI=1S/C24H23NO4/c26-24(18-8-6-11-20(16-18)28-17-21-12-7-15-27-21)25-22-13-4-5-14-23(22)29-19-9-2-1-3-10-19/h1-6,8-11,13-14,16,21H,7,12,15,17H2,(H,25,26). The monoisotopic (exact) mass is 389 g/mol. The van der Waals surface area contributed by atoms with Crippen molar-refractivity contribution < 1.29 is 19.0 Å². The van der Waals surface area contributed by atoms with Crippen LogP contribution in [0, 0.1) is 0 Å². The van der Waals surface area contributed by atoms with E-state index in [1.807, 2.05) is 66.7 Å². The number of rotatable bonds is 7. The normalized spacial score (nSPS) is 15.7. The highest BCUT2D eigenvalue weighted by molar-refractivity contribution is 6.05. The van der Waals surface area contributed by atoms with Crippen molar-refractivity contribution in [1.82, 2.24) is 0 Å². The molecule has 3 aromatic rings. The molecule has 1 fully saturated rings. The molecule has 0 aliphatic carbocycles. The van der Waals surface area contributed by atoms with E-state index in [-0.39, 0.29) is 12.0 Å². The topological polar surface area (TPSA) is 56.8 Å². The van der Waals surface area contributed by atoms with Crippen molar-refractivity contribution in [2.24, 2.45) is 0 Å². The number of nitrogens with one attached hydrogen (secondary N) is 1. The second-order valence-electron chi connectivity index (χ2n) is 6.84. The van der Waals surface area contributed by atoms with Crippen LogP contribution in [0.2, 0.25) is 0 Å². The summed E-state index contributed by atoms with van der Waals surface area (Å²) in [6.45, 7) is 1.29. The van der Waals surface area contributed by atoms with E-state index in [2.05, 4.69) is 5.32 Å². The number of carbonyl (C=O) groups excluding carboxylic acids is 1. The van der Waals surface area contributed by atoms with Crippen molar-refractivity contribution in [3.63, 3.8) is 0 Å². The van der Waals surface area contributed by atoms with Gasteiger partial charge in [-0.25, -0.2) is 0 Å². The second kappa shape index (κ2) is 9.26. The van der Waals surface area contributed by atoms with Crippen LogP contribution in [0.3, 0.4) is 0 Å². The molecule has 0 spiro atoms. The van der Waals surface area contributed by atoms with Gasteiger partial charge in [0.15, 0.2) is 5.75 Å². The van der Waals surface area contributed by atoms with E-state index in [4.69, 9.17) is 14.2 Å². The maximum Gasteiger partial charge on any atom is 0.255 e. The maximum absolute atomic E-state index is 12.8. The fraction of sp³-hybridized carbons (Fsp3) is 0.208. The zero-order valence-corrected chi connectivity index (χ0v) is 16.0. The number of amides is 1. The molecule has 29 heavy (non-hydrogen) atoms. The molecule has 1 aliphatic heterocycles. The fourth-order valence-electron chi connectivity index (χ4n) is 3.16. The third-order valence-electron chi connectivity index (χ3n) is 4.66. The summed E-state index contributed by atoms with van der Waals surface area (Å²) in [5, 5.41) is 2.93. The molecule has 0 aromatic heterocycles. The molecule has 1 atom stereocenters. The SMILES string of the molecule is O=C(Nc1ccccc1Oc1ccccc1)c1cccc(OCC2CCCO2)c1. The lowest BCUT2D eigenvalue weighted by Gasteiger charge is -2.14. The van der Waals surface area contributed by atoms with Gasteiger partial charge in [-0.15, -0.1) is 0 Å². The lowest BCUT2D eigenvalue weighted by molar-refractivity contribution is 0.0679. The van der Waals surface area contributed by atoms with E-state index in [1.165, 1.54) is 0 Å². The molecule has 1 unspecified atom stereocenters. The van der Waals surface area contributed by atoms with Crippen molar-refractivity contribution >= 4 is 11.6 Å². The summed E-state index contributed by atoms with van der Waals surface area (Å²) in [5.41, 5.74) is 1.12. The zero-order chi connectivity index (χ0) is 19.9. The number of benzene rings is 3. The van der Waals surface area contributed by atoms with Gasteiger partial charge in [-0.3, -0.25) is 4.79 Å². The highest BCUT2D eigenvalue weighted by Crippen LogP contribution is 2.29. The molecular weight excluding hydrogens is 366 g/mol. The van der Waals surface area contributed by atoms with Crippen LogP contribution in [0.5, 0.6) is 17.2 Å². The predicted molar refractivity (Wildman–Crippen MR) is 112 cm³/mol. The first kappa shape index (κ1) is 19.0. The molecule has 3 aromatic carbocycles. The third kappa shape index (κ3) is 5.15. The number of hydrogen-bond acceptors (Lipinski definition) is 4. The Morgan fingerprint density at radius 3 is 2.59 bits per heavy atom. The molecule has 1 aliphatic rings. The average Bonchev–Trinajstić information content (AvgIpc) is 3.28. The van der Waals surface area contributed by atoms with Crippen LogP contribution in [0.4, 0.5) is 5.69 Å². The predicted octanol–water partition coefficient (Wildman–Crippen LogP) is 5.29. The van der Waals surface area contributed by atoms with Crippen molar-refractivity contribution in [3.05, 3.63) is 84.4 Å². The molecule has 0 radical (unpaired) electrons. The number of carbonyl (C=O) groups is 1. The van der Waals surface area contributed by atoms with Crippen LogP contribution >= 0.6 is 0 Å². The molecule has 1 N–H and O–H groups in total. The van der Waals surface area contributed by atoms with Gasteiger partial charge in [0.25, 0.3) is 5.91 Å². The summed E-state index contributed by atoms with van der Waals surface area (Å²) in [6, 6.07) is 24.0. The Bertz CT molecular complexity index is 952. The number of ether oxygens (including phenoxy) is 3. The molecule has 0 saturated carbocycles. The van der Waals surface area contributed by atoms with Gasteiger partial charge in [-0.1, -0.05) is 36.4 Å². The summed E-state index contributed by atoms with van der Waals surface area (Å²) in [6.07, 6.45) is 2.22. The van der Waals surface area contributed by atoms with Gasteiger partial charge in [-0.05, 0) is 55.3 Å². The number of para-hydroxylation sites is 3. The Morgan fingerprint density at radius 2 is 1.76 bits per heavy atom.